The third-order valence-electron chi connectivity index (χ3n) is 5.82. The van der Waals surface area contributed by atoms with E-state index < -0.39 is 12.1 Å². The molecule has 1 amide bonds. The summed E-state index contributed by atoms with van der Waals surface area (Å²) >= 11 is 0. The zero-order valence-electron chi connectivity index (χ0n) is 17.8. The van der Waals surface area contributed by atoms with Gasteiger partial charge in [0.2, 0.25) is 5.91 Å². The third kappa shape index (κ3) is 3.51. The highest BCUT2D eigenvalue weighted by Crippen LogP contribution is 2.35. The van der Waals surface area contributed by atoms with Crippen LogP contribution < -0.4 is 5.32 Å². The first-order valence-corrected chi connectivity index (χ1v) is 10.7. The Balaban J connectivity index is 1.56. The first-order valence-electron chi connectivity index (χ1n) is 10.7. The molecule has 162 valence electrons. The van der Waals surface area contributed by atoms with Crippen LogP contribution in [-0.4, -0.2) is 37.2 Å². The third-order valence-corrected chi connectivity index (χ3v) is 5.82. The second-order valence-electron chi connectivity index (χ2n) is 8.21. The zero-order valence-corrected chi connectivity index (χ0v) is 17.8. The molecular formula is C24H22FN5O2. The Kier molecular flexibility index (Phi) is 4.92. The van der Waals surface area contributed by atoms with E-state index in [1.54, 1.807) is 24.7 Å². The molecule has 32 heavy (non-hydrogen) atoms. The number of carbonyl (C=O) groups excluding carboxylic acids is 2. The summed E-state index contributed by atoms with van der Waals surface area (Å²) in [6.45, 7) is 3.92. The lowest BCUT2D eigenvalue weighted by atomic mass is 10.0. The number of nitrogens with zero attached hydrogens (tertiary/aromatic N) is 4. The van der Waals surface area contributed by atoms with Crippen molar-refractivity contribution in [2.45, 2.75) is 39.3 Å². The number of fused-ring (bicyclic) bond motifs is 3. The smallest absolute Gasteiger partial charge is 0.231 e. The van der Waals surface area contributed by atoms with Gasteiger partial charge >= 0.3 is 0 Å². The number of ketones is 1. The summed E-state index contributed by atoms with van der Waals surface area (Å²) in [6, 6.07) is 5.56. The standard InChI is InChI=1S/C24H22FN5O2/c1-3-4-21(31)19-7-13(2)17(12-27-19)15-8-14-11-28-22(29-24(32)16-9-18(16)25)10-20(14)30-6-5-26-23(15)30/h5-8,10-12,16,18H,3-4,9H2,1-2H3,(H,28,29,32)/t16-,18+/m0/s1. The molecule has 0 radical (unpaired) electrons. The molecule has 4 heterocycles. The molecule has 8 heteroatoms. The lowest BCUT2D eigenvalue weighted by molar-refractivity contribution is -0.117. The van der Waals surface area contributed by atoms with Gasteiger partial charge in [-0.2, -0.15) is 0 Å². The number of halogens is 1. The number of hydrogen-bond acceptors (Lipinski definition) is 5. The van der Waals surface area contributed by atoms with Gasteiger partial charge in [-0.25, -0.2) is 14.4 Å². The van der Waals surface area contributed by atoms with Crippen molar-refractivity contribution in [3.8, 4) is 11.1 Å². The molecular weight excluding hydrogens is 409 g/mol. The Bertz CT molecular complexity index is 1380. The summed E-state index contributed by atoms with van der Waals surface area (Å²) < 4.78 is 15.1. The summed E-state index contributed by atoms with van der Waals surface area (Å²) in [5, 5.41) is 3.55. The van der Waals surface area contributed by atoms with Gasteiger partial charge in [0.15, 0.2) is 5.78 Å². The Labute approximate surface area is 183 Å². The highest BCUT2D eigenvalue weighted by Gasteiger charge is 2.43. The number of amides is 1. The predicted molar refractivity (Wildman–Crippen MR) is 119 cm³/mol. The van der Waals surface area contributed by atoms with E-state index in [-0.39, 0.29) is 18.1 Å². The van der Waals surface area contributed by atoms with E-state index in [1.807, 2.05) is 36.6 Å². The fraction of sp³-hybridized carbons (Fsp3) is 0.292. The number of alkyl halides is 1. The van der Waals surface area contributed by atoms with E-state index in [2.05, 4.69) is 20.3 Å². The van der Waals surface area contributed by atoms with E-state index >= 15 is 0 Å². The first kappa shape index (κ1) is 20.2. The van der Waals surface area contributed by atoms with Crippen LogP contribution in [0.15, 0.2) is 43.0 Å². The van der Waals surface area contributed by atoms with Gasteiger partial charge in [0.25, 0.3) is 0 Å². The Morgan fingerprint density at radius 2 is 1.97 bits per heavy atom. The molecule has 4 aromatic heterocycles. The minimum atomic E-state index is -1.06. The largest absolute Gasteiger partial charge is 0.310 e. The van der Waals surface area contributed by atoms with Gasteiger partial charge in [0.1, 0.15) is 23.3 Å². The van der Waals surface area contributed by atoms with Crippen LogP contribution in [0.1, 0.15) is 42.2 Å². The highest BCUT2D eigenvalue weighted by molar-refractivity contribution is 5.98. The van der Waals surface area contributed by atoms with Crippen molar-refractivity contribution in [1.82, 2.24) is 19.4 Å². The predicted octanol–water partition coefficient (Wildman–Crippen LogP) is 4.53. The average Bonchev–Trinajstić information content (AvgIpc) is 3.30. The summed E-state index contributed by atoms with van der Waals surface area (Å²) in [5.74, 6) is -0.510. The number of aromatic nitrogens is 4. The quantitative estimate of drug-likeness (QED) is 0.453. The molecule has 0 aliphatic heterocycles. The summed E-state index contributed by atoms with van der Waals surface area (Å²) in [5.41, 5.74) is 4.71. The van der Waals surface area contributed by atoms with Crippen LogP contribution in [0.3, 0.4) is 0 Å². The van der Waals surface area contributed by atoms with Crippen LogP contribution in [0.2, 0.25) is 0 Å². The zero-order chi connectivity index (χ0) is 22.4. The van der Waals surface area contributed by atoms with Gasteiger partial charge in [-0.15, -0.1) is 0 Å². The topological polar surface area (TPSA) is 89.2 Å². The number of hydrogen-bond donors (Lipinski definition) is 1. The average molecular weight is 431 g/mol. The van der Waals surface area contributed by atoms with Gasteiger partial charge < -0.3 is 5.32 Å². The van der Waals surface area contributed by atoms with Crippen LogP contribution in [0, 0.1) is 12.8 Å². The van der Waals surface area contributed by atoms with E-state index in [9.17, 15) is 14.0 Å². The molecule has 0 aromatic carbocycles. The molecule has 5 rings (SSSR count). The number of imidazole rings is 1. The Hall–Kier alpha value is -3.68. The summed E-state index contributed by atoms with van der Waals surface area (Å²) in [7, 11) is 0. The monoisotopic (exact) mass is 431 g/mol. The molecule has 1 N–H and O–H groups in total. The number of carbonyl (C=O) groups is 2. The van der Waals surface area contributed by atoms with Gasteiger partial charge in [-0.1, -0.05) is 6.92 Å². The van der Waals surface area contributed by atoms with Crippen LogP contribution in [0.5, 0.6) is 0 Å². The van der Waals surface area contributed by atoms with Crippen molar-refractivity contribution >= 4 is 34.1 Å². The highest BCUT2D eigenvalue weighted by atomic mass is 19.1. The fourth-order valence-electron chi connectivity index (χ4n) is 3.96. The Morgan fingerprint density at radius 3 is 2.69 bits per heavy atom. The number of anilines is 1. The van der Waals surface area contributed by atoms with Gasteiger partial charge in [-0.05, 0) is 37.5 Å². The van der Waals surface area contributed by atoms with Gasteiger partial charge in [0, 0.05) is 53.8 Å². The molecule has 1 saturated carbocycles. The lowest BCUT2D eigenvalue weighted by Crippen LogP contribution is -2.16. The Morgan fingerprint density at radius 1 is 1.16 bits per heavy atom. The van der Waals surface area contributed by atoms with Crippen LogP contribution in [0.4, 0.5) is 10.2 Å². The maximum absolute atomic E-state index is 13.2. The minimum Gasteiger partial charge on any atom is -0.310 e. The van der Waals surface area contributed by atoms with Crippen molar-refractivity contribution in [2.75, 3.05) is 5.32 Å². The SMILES string of the molecule is CCCC(=O)c1cc(C)c(-c2cc3cnc(NC(=O)[C@H]4C[C@H]4F)cc3n3ccnc23)cn1. The van der Waals surface area contributed by atoms with Crippen LogP contribution >= 0.6 is 0 Å². The molecule has 4 aromatic rings. The van der Waals surface area contributed by atoms with Crippen molar-refractivity contribution in [3.05, 3.63) is 54.2 Å². The number of rotatable bonds is 6. The molecule has 7 nitrogen and oxygen atoms in total. The molecule has 0 unspecified atom stereocenters. The molecule has 1 fully saturated rings. The fourth-order valence-corrected chi connectivity index (χ4v) is 3.96. The van der Waals surface area contributed by atoms with E-state index in [1.165, 1.54) is 0 Å². The van der Waals surface area contributed by atoms with Gasteiger partial charge in [-0.3, -0.25) is 19.0 Å². The van der Waals surface area contributed by atoms with Gasteiger partial charge in [0.05, 0.1) is 11.4 Å². The van der Waals surface area contributed by atoms with Crippen molar-refractivity contribution in [3.63, 3.8) is 0 Å². The summed E-state index contributed by atoms with van der Waals surface area (Å²) in [4.78, 5) is 37.6. The van der Waals surface area contributed by atoms with E-state index in [0.717, 1.165) is 39.7 Å². The molecule has 0 bridgehead atoms. The molecule has 0 spiro atoms. The van der Waals surface area contributed by atoms with E-state index in [4.69, 9.17) is 0 Å². The van der Waals surface area contributed by atoms with Crippen molar-refractivity contribution < 1.29 is 14.0 Å². The summed E-state index contributed by atoms with van der Waals surface area (Å²) in [6.07, 6.45) is 7.41. The first-order chi connectivity index (χ1) is 15.5. The second-order valence-corrected chi connectivity index (χ2v) is 8.21. The van der Waals surface area contributed by atoms with Crippen molar-refractivity contribution in [2.24, 2.45) is 5.92 Å². The molecule has 2 atom stereocenters. The van der Waals surface area contributed by atoms with Crippen molar-refractivity contribution in [1.29, 1.82) is 0 Å². The number of aryl methyl sites for hydroxylation is 1. The lowest BCUT2D eigenvalue weighted by Gasteiger charge is -2.12. The molecule has 0 saturated heterocycles. The van der Waals surface area contributed by atoms with Crippen LogP contribution in [0.25, 0.3) is 27.7 Å². The minimum absolute atomic E-state index is 0.0377. The number of Topliss-reactive ketones (excluding diaryl/α,β-unsaturated/α-hetero) is 1. The number of nitrogens with one attached hydrogen (secondary N) is 1. The molecule has 1 aliphatic rings. The number of pyridine rings is 3. The van der Waals surface area contributed by atoms with Crippen LogP contribution in [-0.2, 0) is 4.79 Å². The second kappa shape index (κ2) is 7.78. The van der Waals surface area contributed by atoms with E-state index in [0.29, 0.717) is 17.9 Å². The molecule has 1 aliphatic carbocycles. The maximum atomic E-state index is 13.2. The maximum Gasteiger partial charge on any atom is 0.231 e. The normalized spacial score (nSPS) is 17.6.